The average molecular weight is 500 g/mol. The first kappa shape index (κ1) is 24.4. The van der Waals surface area contributed by atoms with Crippen LogP contribution in [0, 0.1) is 13.8 Å². The van der Waals surface area contributed by atoms with E-state index in [0.717, 1.165) is 27.6 Å². The standard InChI is InChI=1S/C30H29NO6/c1-18-6-5-7-21(12-18)30(33)31-11-10-20-14-27(34-3)28(35-4)16-24(20)25(31)17-36-22-8-9-23-19(2)13-29(32)37-26(23)15-22/h5-9,12-16,25H,10-11,17H2,1-4H3/t25-/m0/s1. The van der Waals surface area contributed by atoms with Crippen molar-refractivity contribution in [1.29, 1.82) is 0 Å². The molecule has 0 N–H and O–H groups in total. The third-order valence-corrected chi connectivity index (χ3v) is 6.86. The molecule has 1 aromatic heterocycles. The average Bonchev–Trinajstić information content (AvgIpc) is 2.90. The summed E-state index contributed by atoms with van der Waals surface area (Å²) in [4.78, 5) is 27.4. The Balaban J connectivity index is 1.52. The molecule has 0 fully saturated rings. The highest BCUT2D eigenvalue weighted by molar-refractivity contribution is 5.95. The zero-order valence-corrected chi connectivity index (χ0v) is 21.4. The Bertz CT molecular complexity index is 1540. The molecule has 1 aliphatic heterocycles. The number of rotatable bonds is 6. The maximum Gasteiger partial charge on any atom is 0.336 e. The summed E-state index contributed by atoms with van der Waals surface area (Å²) in [5.74, 6) is 1.74. The summed E-state index contributed by atoms with van der Waals surface area (Å²) in [6.45, 7) is 4.59. The number of carbonyl (C=O) groups excluding carboxylic acids is 1. The first-order valence-corrected chi connectivity index (χ1v) is 12.2. The van der Waals surface area contributed by atoms with Crippen LogP contribution in [-0.2, 0) is 6.42 Å². The second-order valence-electron chi connectivity index (χ2n) is 9.26. The maximum absolute atomic E-state index is 13.7. The van der Waals surface area contributed by atoms with Crippen LogP contribution < -0.4 is 19.8 Å². The molecular formula is C30H29NO6. The third-order valence-electron chi connectivity index (χ3n) is 6.86. The van der Waals surface area contributed by atoms with E-state index in [-0.39, 0.29) is 18.6 Å². The molecule has 2 heterocycles. The zero-order valence-electron chi connectivity index (χ0n) is 21.4. The van der Waals surface area contributed by atoms with E-state index in [4.69, 9.17) is 18.6 Å². The van der Waals surface area contributed by atoms with Crippen LogP contribution in [0.5, 0.6) is 17.2 Å². The summed E-state index contributed by atoms with van der Waals surface area (Å²) < 4.78 is 22.7. The molecule has 7 nitrogen and oxygen atoms in total. The van der Waals surface area contributed by atoms with E-state index in [1.54, 1.807) is 20.3 Å². The number of hydrogen-bond acceptors (Lipinski definition) is 6. The lowest BCUT2D eigenvalue weighted by Gasteiger charge is -2.37. The lowest BCUT2D eigenvalue weighted by atomic mass is 9.91. The number of carbonyl (C=O) groups is 1. The van der Waals surface area contributed by atoms with Gasteiger partial charge in [0.25, 0.3) is 5.91 Å². The van der Waals surface area contributed by atoms with Crippen LogP contribution in [0.1, 0.15) is 38.7 Å². The molecule has 0 saturated heterocycles. The zero-order chi connectivity index (χ0) is 26.1. The fourth-order valence-electron chi connectivity index (χ4n) is 4.97. The SMILES string of the molecule is COc1cc2c(cc1OC)[C@H](COc1ccc3c(C)cc(=O)oc3c1)N(C(=O)c1cccc(C)c1)CC2. The quantitative estimate of drug-likeness (QED) is 0.338. The number of ether oxygens (including phenoxy) is 3. The van der Waals surface area contributed by atoms with Crippen molar-refractivity contribution in [3.05, 3.63) is 98.9 Å². The van der Waals surface area contributed by atoms with Crippen molar-refractivity contribution in [2.45, 2.75) is 26.3 Å². The van der Waals surface area contributed by atoms with Gasteiger partial charge in [-0.15, -0.1) is 0 Å². The molecule has 0 radical (unpaired) electrons. The van der Waals surface area contributed by atoms with Crippen LogP contribution in [0.15, 0.2) is 69.9 Å². The van der Waals surface area contributed by atoms with Crippen molar-refractivity contribution in [3.63, 3.8) is 0 Å². The van der Waals surface area contributed by atoms with Crippen molar-refractivity contribution >= 4 is 16.9 Å². The predicted molar refractivity (Wildman–Crippen MR) is 141 cm³/mol. The Morgan fingerprint density at radius 1 is 1.00 bits per heavy atom. The number of amides is 1. The summed E-state index contributed by atoms with van der Waals surface area (Å²) in [5, 5.41) is 0.850. The fraction of sp³-hybridized carbons (Fsp3) is 0.267. The molecule has 0 bridgehead atoms. The third kappa shape index (κ3) is 4.77. The lowest BCUT2D eigenvalue weighted by Crippen LogP contribution is -2.42. The first-order chi connectivity index (χ1) is 17.9. The van der Waals surface area contributed by atoms with Gasteiger partial charge in [-0.3, -0.25) is 4.79 Å². The van der Waals surface area contributed by atoms with Crippen molar-refractivity contribution in [2.75, 3.05) is 27.4 Å². The molecule has 1 amide bonds. The van der Waals surface area contributed by atoms with Gasteiger partial charge < -0.3 is 23.5 Å². The Hall–Kier alpha value is -4.26. The van der Waals surface area contributed by atoms with Gasteiger partial charge in [-0.1, -0.05) is 17.7 Å². The van der Waals surface area contributed by atoms with E-state index < -0.39 is 5.63 Å². The largest absolute Gasteiger partial charge is 0.493 e. The van der Waals surface area contributed by atoms with E-state index in [1.807, 2.05) is 67.3 Å². The van der Waals surface area contributed by atoms with Gasteiger partial charge in [-0.05, 0) is 73.4 Å². The molecule has 0 aliphatic carbocycles. The number of aryl methyl sites for hydroxylation is 2. The highest BCUT2D eigenvalue weighted by atomic mass is 16.5. The number of methoxy groups -OCH3 is 2. The molecule has 0 saturated carbocycles. The summed E-state index contributed by atoms with van der Waals surface area (Å²) in [7, 11) is 3.21. The fourth-order valence-corrected chi connectivity index (χ4v) is 4.97. The number of fused-ring (bicyclic) bond motifs is 2. The lowest BCUT2D eigenvalue weighted by molar-refractivity contribution is 0.0589. The monoisotopic (exact) mass is 499 g/mol. The summed E-state index contributed by atoms with van der Waals surface area (Å²) in [6, 6.07) is 18.1. The van der Waals surface area contributed by atoms with Crippen LogP contribution in [0.3, 0.4) is 0 Å². The first-order valence-electron chi connectivity index (χ1n) is 12.2. The highest BCUT2D eigenvalue weighted by Gasteiger charge is 2.33. The van der Waals surface area contributed by atoms with Crippen LogP contribution in [-0.4, -0.2) is 38.2 Å². The Labute approximate surface area is 215 Å². The van der Waals surface area contributed by atoms with E-state index in [0.29, 0.717) is 41.4 Å². The van der Waals surface area contributed by atoms with Gasteiger partial charge in [-0.2, -0.15) is 0 Å². The summed E-state index contributed by atoms with van der Waals surface area (Å²) in [6.07, 6.45) is 0.685. The van der Waals surface area contributed by atoms with E-state index >= 15 is 0 Å². The molecule has 0 spiro atoms. The minimum Gasteiger partial charge on any atom is -0.493 e. The molecule has 0 unspecified atom stereocenters. The molecule has 5 rings (SSSR count). The van der Waals surface area contributed by atoms with Crippen molar-refractivity contribution in [1.82, 2.24) is 4.90 Å². The molecular weight excluding hydrogens is 470 g/mol. The van der Waals surface area contributed by atoms with E-state index in [2.05, 4.69) is 0 Å². The van der Waals surface area contributed by atoms with Crippen LogP contribution in [0.25, 0.3) is 11.0 Å². The Kier molecular flexibility index (Phi) is 6.61. The van der Waals surface area contributed by atoms with Crippen LogP contribution in [0.2, 0.25) is 0 Å². The maximum atomic E-state index is 13.7. The number of hydrogen-bond donors (Lipinski definition) is 0. The van der Waals surface area contributed by atoms with Crippen molar-refractivity contribution in [2.24, 2.45) is 0 Å². The topological polar surface area (TPSA) is 78.2 Å². The smallest absolute Gasteiger partial charge is 0.336 e. The second kappa shape index (κ2) is 10.0. The highest BCUT2D eigenvalue weighted by Crippen LogP contribution is 2.39. The second-order valence-corrected chi connectivity index (χ2v) is 9.26. The van der Waals surface area contributed by atoms with E-state index in [9.17, 15) is 9.59 Å². The van der Waals surface area contributed by atoms with Gasteiger partial charge in [-0.25, -0.2) is 4.79 Å². The minimum atomic E-state index is -0.403. The molecule has 37 heavy (non-hydrogen) atoms. The Morgan fingerprint density at radius 3 is 2.54 bits per heavy atom. The van der Waals surface area contributed by atoms with Gasteiger partial charge in [0.2, 0.25) is 0 Å². The molecule has 1 aliphatic rings. The molecule has 4 aromatic rings. The van der Waals surface area contributed by atoms with E-state index in [1.165, 1.54) is 6.07 Å². The van der Waals surface area contributed by atoms with Gasteiger partial charge in [0.15, 0.2) is 11.5 Å². The molecule has 3 aromatic carbocycles. The van der Waals surface area contributed by atoms with Crippen molar-refractivity contribution in [3.8, 4) is 17.2 Å². The van der Waals surface area contributed by atoms with Gasteiger partial charge in [0.1, 0.15) is 17.9 Å². The predicted octanol–water partition coefficient (Wildman–Crippen LogP) is 5.25. The van der Waals surface area contributed by atoms with Crippen molar-refractivity contribution < 1.29 is 23.4 Å². The summed E-state index contributed by atoms with van der Waals surface area (Å²) in [5.41, 5.74) is 4.60. The number of benzene rings is 3. The molecule has 7 heteroatoms. The van der Waals surface area contributed by atoms with Gasteiger partial charge in [0.05, 0.1) is 20.3 Å². The Morgan fingerprint density at radius 2 is 1.78 bits per heavy atom. The normalized spacial score (nSPS) is 14.8. The minimum absolute atomic E-state index is 0.0575. The van der Waals surface area contributed by atoms with Gasteiger partial charge >= 0.3 is 5.63 Å². The molecule has 1 atom stereocenters. The van der Waals surface area contributed by atoms with Gasteiger partial charge in [0, 0.05) is 29.6 Å². The number of nitrogens with zero attached hydrogens (tertiary/aromatic N) is 1. The van der Waals surface area contributed by atoms with Crippen LogP contribution in [0.4, 0.5) is 0 Å². The van der Waals surface area contributed by atoms with Crippen LogP contribution >= 0.6 is 0 Å². The summed E-state index contributed by atoms with van der Waals surface area (Å²) >= 11 is 0. The molecule has 190 valence electrons.